The van der Waals surface area contributed by atoms with E-state index in [2.05, 4.69) is 0 Å². The Morgan fingerprint density at radius 2 is 1.86 bits per heavy atom. The zero-order chi connectivity index (χ0) is 10.7. The van der Waals surface area contributed by atoms with E-state index in [4.69, 9.17) is 15.6 Å². The van der Waals surface area contributed by atoms with Crippen molar-refractivity contribution in [1.82, 2.24) is 0 Å². The highest BCUT2D eigenvalue weighted by Crippen LogP contribution is 2.10. The van der Waals surface area contributed by atoms with Gasteiger partial charge in [0.1, 0.15) is 0 Å². The molecule has 5 heteroatoms. The summed E-state index contributed by atoms with van der Waals surface area (Å²) in [6.45, 7) is 0. The highest BCUT2D eigenvalue weighted by atomic mass is 16.4. The summed E-state index contributed by atoms with van der Waals surface area (Å²) < 4.78 is 0. The molecule has 1 aromatic rings. The SMILES string of the molecule is N=Cc1ccc(C(=O)O)cc1C(=O)O. The van der Waals surface area contributed by atoms with Crippen LogP contribution in [0.1, 0.15) is 26.3 Å². The molecule has 0 radical (unpaired) electrons. The van der Waals surface area contributed by atoms with Crippen molar-refractivity contribution in [1.29, 1.82) is 5.41 Å². The Bertz CT molecular complexity index is 411. The van der Waals surface area contributed by atoms with E-state index in [9.17, 15) is 9.59 Å². The predicted octanol–water partition coefficient (Wildman–Crippen LogP) is 1.08. The molecule has 0 aliphatic rings. The first-order valence-corrected chi connectivity index (χ1v) is 3.67. The summed E-state index contributed by atoms with van der Waals surface area (Å²) in [4.78, 5) is 21.2. The first-order valence-electron chi connectivity index (χ1n) is 3.67. The fraction of sp³-hybridized carbons (Fsp3) is 0. The van der Waals surface area contributed by atoms with E-state index >= 15 is 0 Å². The minimum Gasteiger partial charge on any atom is -0.478 e. The Labute approximate surface area is 79.1 Å². The monoisotopic (exact) mass is 193 g/mol. The van der Waals surface area contributed by atoms with Gasteiger partial charge in [-0.25, -0.2) is 9.59 Å². The molecule has 0 atom stereocenters. The van der Waals surface area contributed by atoms with Gasteiger partial charge in [-0.05, 0) is 12.1 Å². The summed E-state index contributed by atoms with van der Waals surface area (Å²) in [5.41, 5.74) is -0.101. The molecule has 0 aromatic heterocycles. The normalized spacial score (nSPS) is 9.43. The van der Waals surface area contributed by atoms with E-state index in [1.54, 1.807) is 0 Å². The molecule has 0 bridgehead atoms. The van der Waals surface area contributed by atoms with Crippen molar-refractivity contribution >= 4 is 18.2 Å². The lowest BCUT2D eigenvalue weighted by molar-refractivity contribution is 0.0695. The number of nitrogens with one attached hydrogen (secondary N) is 1. The van der Waals surface area contributed by atoms with E-state index in [1.165, 1.54) is 12.1 Å². The molecule has 1 rings (SSSR count). The van der Waals surface area contributed by atoms with Crippen LogP contribution < -0.4 is 0 Å². The second kappa shape index (κ2) is 3.69. The van der Waals surface area contributed by atoms with Gasteiger partial charge in [-0.3, -0.25) is 0 Å². The third-order valence-electron chi connectivity index (χ3n) is 1.69. The van der Waals surface area contributed by atoms with Gasteiger partial charge in [-0.2, -0.15) is 0 Å². The summed E-state index contributed by atoms with van der Waals surface area (Å²) in [6, 6.07) is 3.58. The number of carboxylic acid groups (broad SMARTS) is 2. The highest BCUT2D eigenvalue weighted by molar-refractivity contribution is 6.00. The quantitative estimate of drug-likeness (QED) is 0.625. The van der Waals surface area contributed by atoms with Gasteiger partial charge in [0.15, 0.2) is 0 Å². The average Bonchev–Trinajstić information content (AvgIpc) is 2.16. The van der Waals surface area contributed by atoms with Crippen LogP contribution in [0.25, 0.3) is 0 Å². The fourth-order valence-electron chi connectivity index (χ4n) is 1.00. The van der Waals surface area contributed by atoms with Gasteiger partial charge in [0.05, 0.1) is 11.1 Å². The molecule has 0 unspecified atom stereocenters. The van der Waals surface area contributed by atoms with Crippen molar-refractivity contribution in [2.75, 3.05) is 0 Å². The van der Waals surface area contributed by atoms with Gasteiger partial charge < -0.3 is 15.6 Å². The van der Waals surface area contributed by atoms with E-state index in [1.807, 2.05) is 0 Å². The second-order valence-electron chi connectivity index (χ2n) is 2.56. The van der Waals surface area contributed by atoms with E-state index < -0.39 is 11.9 Å². The molecule has 0 amide bonds. The maximum atomic E-state index is 10.7. The van der Waals surface area contributed by atoms with Crippen molar-refractivity contribution in [2.45, 2.75) is 0 Å². The molecule has 3 N–H and O–H groups in total. The van der Waals surface area contributed by atoms with Crippen molar-refractivity contribution in [3.05, 3.63) is 34.9 Å². The van der Waals surface area contributed by atoms with E-state index in [0.717, 1.165) is 12.3 Å². The Balaban J connectivity index is 3.34. The number of hydrogen-bond donors (Lipinski definition) is 3. The largest absolute Gasteiger partial charge is 0.478 e. The van der Waals surface area contributed by atoms with Crippen molar-refractivity contribution in [3.63, 3.8) is 0 Å². The lowest BCUT2D eigenvalue weighted by Crippen LogP contribution is -2.05. The molecule has 0 saturated carbocycles. The molecule has 72 valence electrons. The van der Waals surface area contributed by atoms with Crippen LogP contribution in [0.5, 0.6) is 0 Å². The third-order valence-corrected chi connectivity index (χ3v) is 1.69. The summed E-state index contributed by atoms with van der Waals surface area (Å²) in [5, 5.41) is 24.2. The molecule has 14 heavy (non-hydrogen) atoms. The standard InChI is InChI=1S/C9H7NO4/c10-4-6-2-1-5(8(11)12)3-7(6)9(13)14/h1-4,10H,(H,11,12)(H,13,14). The number of rotatable bonds is 3. The van der Waals surface area contributed by atoms with Gasteiger partial charge in [0.2, 0.25) is 0 Å². The number of aromatic carboxylic acids is 2. The Morgan fingerprint density at radius 3 is 2.29 bits per heavy atom. The van der Waals surface area contributed by atoms with Gasteiger partial charge in [0, 0.05) is 11.8 Å². The Kier molecular flexibility index (Phi) is 2.62. The first-order chi connectivity index (χ1) is 6.56. The molecule has 0 aliphatic heterocycles. The minimum absolute atomic E-state index is 0.104. The maximum absolute atomic E-state index is 10.7. The molecule has 0 spiro atoms. The number of benzene rings is 1. The zero-order valence-electron chi connectivity index (χ0n) is 7.02. The molecular formula is C9H7NO4. The van der Waals surface area contributed by atoms with Gasteiger partial charge in [-0.1, -0.05) is 6.07 Å². The summed E-state index contributed by atoms with van der Waals surface area (Å²) in [6.07, 6.45) is 0.870. The minimum atomic E-state index is -1.24. The second-order valence-corrected chi connectivity index (χ2v) is 2.56. The highest BCUT2D eigenvalue weighted by Gasteiger charge is 2.12. The van der Waals surface area contributed by atoms with Crippen LogP contribution in [0.4, 0.5) is 0 Å². The summed E-state index contributed by atoms with van der Waals surface area (Å²) in [5.74, 6) is -2.43. The first kappa shape index (κ1) is 9.91. The fourth-order valence-corrected chi connectivity index (χ4v) is 1.00. The Hall–Kier alpha value is -2.17. The van der Waals surface area contributed by atoms with Crippen LogP contribution in [0.2, 0.25) is 0 Å². The molecule has 0 saturated heterocycles. The maximum Gasteiger partial charge on any atom is 0.336 e. The van der Waals surface area contributed by atoms with Crippen LogP contribution in [0.15, 0.2) is 18.2 Å². The predicted molar refractivity (Wildman–Crippen MR) is 48.2 cm³/mol. The molecule has 0 fully saturated rings. The number of carboxylic acids is 2. The van der Waals surface area contributed by atoms with Gasteiger partial charge >= 0.3 is 11.9 Å². The van der Waals surface area contributed by atoms with E-state index in [0.29, 0.717) is 0 Å². The molecule has 5 nitrogen and oxygen atoms in total. The van der Waals surface area contributed by atoms with Crippen LogP contribution in [-0.2, 0) is 0 Å². The Morgan fingerprint density at radius 1 is 1.21 bits per heavy atom. The lowest BCUT2D eigenvalue weighted by atomic mass is 10.0. The number of hydrogen-bond acceptors (Lipinski definition) is 3. The smallest absolute Gasteiger partial charge is 0.336 e. The van der Waals surface area contributed by atoms with Crippen LogP contribution in [-0.4, -0.2) is 28.4 Å². The molecule has 0 aliphatic carbocycles. The third kappa shape index (κ3) is 1.77. The van der Waals surface area contributed by atoms with Crippen LogP contribution >= 0.6 is 0 Å². The van der Waals surface area contributed by atoms with Gasteiger partial charge in [0.25, 0.3) is 0 Å². The summed E-state index contributed by atoms with van der Waals surface area (Å²) in [7, 11) is 0. The summed E-state index contributed by atoms with van der Waals surface area (Å²) >= 11 is 0. The van der Waals surface area contributed by atoms with Gasteiger partial charge in [-0.15, -0.1) is 0 Å². The molecule has 1 aromatic carbocycles. The molecular weight excluding hydrogens is 186 g/mol. The zero-order valence-corrected chi connectivity index (χ0v) is 7.02. The van der Waals surface area contributed by atoms with Crippen molar-refractivity contribution in [3.8, 4) is 0 Å². The number of carbonyl (C=O) groups is 2. The van der Waals surface area contributed by atoms with Crippen molar-refractivity contribution < 1.29 is 19.8 Å². The lowest BCUT2D eigenvalue weighted by Gasteiger charge is -2.01. The average molecular weight is 193 g/mol. The van der Waals surface area contributed by atoms with Crippen LogP contribution in [0, 0.1) is 5.41 Å². The topological polar surface area (TPSA) is 98.5 Å². The van der Waals surface area contributed by atoms with Crippen LogP contribution in [0.3, 0.4) is 0 Å². The van der Waals surface area contributed by atoms with E-state index in [-0.39, 0.29) is 16.7 Å². The molecule has 0 heterocycles. The van der Waals surface area contributed by atoms with Crippen molar-refractivity contribution in [2.24, 2.45) is 0 Å².